The number of methoxy groups -OCH3 is 2. The van der Waals surface area contributed by atoms with Crippen molar-refractivity contribution >= 4 is 16.8 Å². The minimum absolute atomic E-state index is 0.0292. The third kappa shape index (κ3) is 4.24. The predicted molar refractivity (Wildman–Crippen MR) is 152 cm³/mol. The van der Waals surface area contributed by atoms with Gasteiger partial charge in [0.05, 0.1) is 37.4 Å². The number of hydrogen-bond acceptors (Lipinski definition) is 4. The number of aromatic nitrogens is 3. The molecule has 3 heterocycles. The van der Waals surface area contributed by atoms with Gasteiger partial charge in [-0.25, -0.2) is 4.68 Å². The van der Waals surface area contributed by atoms with E-state index in [2.05, 4.69) is 23.1 Å². The summed E-state index contributed by atoms with van der Waals surface area (Å²) >= 11 is 0. The highest BCUT2D eigenvalue weighted by atomic mass is 16.5. The SMILES string of the molecule is CCCc1c(C(=O)N2CCc3c([nH]c4ccc(OC)cc34)C2c2ccccc2OC)cnn1-c1ccccc1. The maximum absolute atomic E-state index is 14.4. The molecule has 1 unspecified atom stereocenters. The van der Waals surface area contributed by atoms with Crippen molar-refractivity contribution in [2.75, 3.05) is 20.8 Å². The summed E-state index contributed by atoms with van der Waals surface area (Å²) in [6, 6.07) is 23.7. The Balaban J connectivity index is 1.50. The molecule has 5 aromatic rings. The average Bonchev–Trinajstić information content (AvgIpc) is 3.58. The van der Waals surface area contributed by atoms with Gasteiger partial charge in [-0.15, -0.1) is 0 Å². The van der Waals surface area contributed by atoms with E-state index in [-0.39, 0.29) is 11.9 Å². The molecule has 2 aromatic heterocycles. The maximum atomic E-state index is 14.4. The number of nitrogens with zero attached hydrogens (tertiary/aromatic N) is 3. The first-order valence-electron chi connectivity index (χ1n) is 13.4. The highest BCUT2D eigenvalue weighted by molar-refractivity contribution is 5.97. The number of para-hydroxylation sites is 2. The lowest BCUT2D eigenvalue weighted by molar-refractivity contribution is 0.0689. The molecule has 0 saturated heterocycles. The Morgan fingerprint density at radius 3 is 2.59 bits per heavy atom. The lowest BCUT2D eigenvalue weighted by Gasteiger charge is -2.37. The van der Waals surface area contributed by atoms with Crippen LogP contribution in [-0.4, -0.2) is 46.3 Å². The van der Waals surface area contributed by atoms with Gasteiger partial charge in [-0.3, -0.25) is 4.79 Å². The highest BCUT2D eigenvalue weighted by Crippen LogP contribution is 2.42. The summed E-state index contributed by atoms with van der Waals surface area (Å²) < 4.78 is 13.2. The Kier molecular flexibility index (Phi) is 6.57. The van der Waals surface area contributed by atoms with Gasteiger partial charge in [0.2, 0.25) is 0 Å². The number of ether oxygens (including phenoxy) is 2. The zero-order chi connectivity index (χ0) is 26.9. The fourth-order valence-corrected chi connectivity index (χ4v) is 5.81. The summed E-state index contributed by atoms with van der Waals surface area (Å²) in [7, 11) is 3.36. The monoisotopic (exact) mass is 520 g/mol. The van der Waals surface area contributed by atoms with Crippen molar-refractivity contribution in [1.82, 2.24) is 19.7 Å². The summed E-state index contributed by atoms with van der Waals surface area (Å²) in [5.41, 5.74) is 6.71. The van der Waals surface area contributed by atoms with Crippen LogP contribution in [-0.2, 0) is 12.8 Å². The van der Waals surface area contributed by atoms with Crippen molar-refractivity contribution < 1.29 is 14.3 Å². The second kappa shape index (κ2) is 10.3. The van der Waals surface area contributed by atoms with E-state index in [0.29, 0.717) is 12.1 Å². The Labute approximate surface area is 228 Å². The van der Waals surface area contributed by atoms with Gasteiger partial charge in [-0.1, -0.05) is 49.7 Å². The summed E-state index contributed by atoms with van der Waals surface area (Å²) in [6.45, 7) is 2.70. The number of carbonyl (C=O) groups excluding carboxylic acids is 1. The number of benzene rings is 3. The number of carbonyl (C=O) groups is 1. The number of aromatic amines is 1. The normalized spacial score (nSPS) is 14.8. The summed E-state index contributed by atoms with van der Waals surface area (Å²) in [5, 5.41) is 5.80. The highest BCUT2D eigenvalue weighted by Gasteiger charge is 2.37. The van der Waals surface area contributed by atoms with Crippen LogP contribution in [0.4, 0.5) is 0 Å². The third-order valence-electron chi connectivity index (χ3n) is 7.62. The van der Waals surface area contributed by atoms with Crippen molar-refractivity contribution in [3.63, 3.8) is 0 Å². The van der Waals surface area contributed by atoms with Crippen molar-refractivity contribution in [1.29, 1.82) is 0 Å². The summed E-state index contributed by atoms with van der Waals surface area (Å²) in [4.78, 5) is 20.1. The summed E-state index contributed by atoms with van der Waals surface area (Å²) in [5.74, 6) is 1.53. The molecule has 0 radical (unpaired) electrons. The number of fused-ring (bicyclic) bond motifs is 3. The van der Waals surface area contributed by atoms with Crippen LogP contribution in [0, 0.1) is 0 Å². The topological polar surface area (TPSA) is 72.4 Å². The van der Waals surface area contributed by atoms with Crippen LogP contribution in [0.25, 0.3) is 16.6 Å². The van der Waals surface area contributed by atoms with Crippen LogP contribution in [0.15, 0.2) is 79.0 Å². The van der Waals surface area contributed by atoms with E-state index in [1.54, 1.807) is 20.4 Å². The maximum Gasteiger partial charge on any atom is 0.258 e. The van der Waals surface area contributed by atoms with Crippen LogP contribution < -0.4 is 9.47 Å². The molecule has 0 saturated carbocycles. The van der Waals surface area contributed by atoms with E-state index < -0.39 is 0 Å². The minimum atomic E-state index is -0.342. The van der Waals surface area contributed by atoms with Gasteiger partial charge < -0.3 is 19.4 Å². The van der Waals surface area contributed by atoms with Crippen LogP contribution in [0.2, 0.25) is 0 Å². The molecule has 0 aliphatic carbocycles. The number of hydrogen-bond donors (Lipinski definition) is 1. The number of H-pyrrole nitrogens is 1. The average molecular weight is 521 g/mol. The van der Waals surface area contributed by atoms with Gasteiger partial charge >= 0.3 is 0 Å². The van der Waals surface area contributed by atoms with Crippen molar-refractivity contribution in [3.8, 4) is 17.2 Å². The van der Waals surface area contributed by atoms with Crippen LogP contribution in [0.5, 0.6) is 11.5 Å². The van der Waals surface area contributed by atoms with Gasteiger partial charge in [0, 0.05) is 28.7 Å². The lowest BCUT2D eigenvalue weighted by atomic mass is 9.91. The van der Waals surface area contributed by atoms with Crippen molar-refractivity contribution in [2.45, 2.75) is 32.2 Å². The Morgan fingerprint density at radius 2 is 1.82 bits per heavy atom. The second-order valence-corrected chi connectivity index (χ2v) is 9.82. The molecule has 3 aromatic carbocycles. The van der Waals surface area contributed by atoms with E-state index >= 15 is 0 Å². The van der Waals surface area contributed by atoms with Gasteiger partial charge in [0.25, 0.3) is 5.91 Å². The van der Waals surface area contributed by atoms with Crippen LogP contribution in [0.3, 0.4) is 0 Å². The zero-order valence-electron chi connectivity index (χ0n) is 22.5. The van der Waals surface area contributed by atoms with Gasteiger partial charge in [-0.05, 0) is 54.8 Å². The number of nitrogens with one attached hydrogen (secondary N) is 1. The zero-order valence-corrected chi connectivity index (χ0v) is 22.5. The Morgan fingerprint density at radius 1 is 1.03 bits per heavy atom. The molecule has 6 rings (SSSR count). The largest absolute Gasteiger partial charge is 0.497 e. The fourth-order valence-electron chi connectivity index (χ4n) is 5.81. The third-order valence-corrected chi connectivity index (χ3v) is 7.62. The Bertz CT molecular complexity index is 1640. The molecule has 198 valence electrons. The molecule has 1 aliphatic rings. The molecular formula is C32H32N4O3. The molecule has 7 nitrogen and oxygen atoms in total. The molecule has 39 heavy (non-hydrogen) atoms. The van der Waals surface area contributed by atoms with E-state index in [1.807, 2.05) is 76.3 Å². The van der Waals surface area contributed by atoms with Gasteiger partial charge in [0.1, 0.15) is 17.5 Å². The van der Waals surface area contributed by atoms with Crippen LogP contribution >= 0.6 is 0 Å². The molecule has 1 aliphatic heterocycles. The van der Waals surface area contributed by atoms with E-state index in [0.717, 1.165) is 64.3 Å². The van der Waals surface area contributed by atoms with E-state index in [4.69, 9.17) is 9.47 Å². The molecule has 1 N–H and O–H groups in total. The van der Waals surface area contributed by atoms with Crippen molar-refractivity contribution in [2.24, 2.45) is 0 Å². The van der Waals surface area contributed by atoms with E-state index in [1.165, 1.54) is 5.56 Å². The number of rotatable bonds is 7. The van der Waals surface area contributed by atoms with Crippen molar-refractivity contribution in [3.05, 3.63) is 107 Å². The van der Waals surface area contributed by atoms with Crippen LogP contribution in [0.1, 0.15) is 52.3 Å². The van der Waals surface area contributed by atoms with Gasteiger partial charge in [0.15, 0.2) is 0 Å². The first-order valence-corrected chi connectivity index (χ1v) is 13.4. The Hall–Kier alpha value is -4.52. The molecule has 0 spiro atoms. The fraction of sp³-hybridized carbons (Fsp3) is 0.250. The summed E-state index contributed by atoms with van der Waals surface area (Å²) in [6.07, 6.45) is 4.12. The van der Waals surface area contributed by atoms with Gasteiger partial charge in [-0.2, -0.15) is 5.10 Å². The predicted octanol–water partition coefficient (Wildman–Crippen LogP) is 6.11. The molecular weight excluding hydrogens is 488 g/mol. The molecule has 0 bridgehead atoms. The molecule has 0 fully saturated rings. The molecule has 7 heteroatoms. The molecule has 1 amide bonds. The smallest absolute Gasteiger partial charge is 0.258 e. The quantitative estimate of drug-likeness (QED) is 0.281. The minimum Gasteiger partial charge on any atom is -0.497 e. The standard InChI is InChI=1S/C32H32N4O3/c1-4-10-28-26(20-33-36(28)21-11-6-5-7-12-21)32(37)35-18-17-23-25-19-22(38-2)15-16-27(25)34-30(23)31(35)24-13-8-9-14-29(24)39-3/h5-9,11-16,19-20,31,34H,4,10,17-18H2,1-3H3. The number of amides is 1. The first-order chi connectivity index (χ1) is 19.1. The molecule has 1 atom stereocenters. The first kappa shape index (κ1) is 24.8. The second-order valence-electron chi connectivity index (χ2n) is 9.82. The van der Waals surface area contributed by atoms with E-state index in [9.17, 15) is 4.79 Å². The lowest BCUT2D eigenvalue weighted by Crippen LogP contribution is -2.41.